The number of amides is 1. The van der Waals surface area contributed by atoms with Gasteiger partial charge in [0.15, 0.2) is 0 Å². The number of benzene rings is 1. The molecule has 4 heteroatoms. The first-order valence-corrected chi connectivity index (χ1v) is 8.27. The van der Waals surface area contributed by atoms with Crippen molar-refractivity contribution in [1.29, 1.82) is 0 Å². The van der Waals surface area contributed by atoms with Gasteiger partial charge < -0.3 is 10.2 Å². The van der Waals surface area contributed by atoms with Crippen LogP contribution < -0.4 is 5.32 Å². The Bertz CT molecular complexity index is 768. The van der Waals surface area contributed by atoms with E-state index in [9.17, 15) is 4.79 Å². The van der Waals surface area contributed by atoms with E-state index < -0.39 is 0 Å². The molecule has 2 aromatic rings. The summed E-state index contributed by atoms with van der Waals surface area (Å²) in [6.07, 6.45) is 5.71. The van der Waals surface area contributed by atoms with Gasteiger partial charge in [-0.25, -0.2) is 0 Å². The Balaban J connectivity index is 1.62. The molecule has 0 saturated carbocycles. The summed E-state index contributed by atoms with van der Waals surface area (Å²) in [4.78, 5) is 18.4. The van der Waals surface area contributed by atoms with Crippen LogP contribution in [0, 0.1) is 18.8 Å². The predicted octanol–water partition coefficient (Wildman–Crippen LogP) is 3.09. The zero-order valence-electron chi connectivity index (χ0n) is 13.9. The van der Waals surface area contributed by atoms with Crippen molar-refractivity contribution in [2.45, 2.75) is 19.8 Å². The molecule has 24 heavy (non-hydrogen) atoms. The topological polar surface area (TPSA) is 45.2 Å². The third-order valence-corrected chi connectivity index (χ3v) is 4.14. The summed E-state index contributed by atoms with van der Waals surface area (Å²) < 4.78 is 0. The van der Waals surface area contributed by atoms with Crippen LogP contribution in [0.2, 0.25) is 0 Å². The molecule has 0 spiro atoms. The number of hydrogen-bond donors (Lipinski definition) is 1. The second kappa shape index (κ2) is 7.65. The number of pyridine rings is 1. The number of carbonyl (C=O) groups is 1. The molecule has 0 bridgehead atoms. The van der Waals surface area contributed by atoms with Gasteiger partial charge in [-0.3, -0.25) is 9.78 Å². The maximum Gasteiger partial charge on any atom is 0.254 e. The third-order valence-electron chi connectivity index (χ3n) is 4.14. The lowest BCUT2D eigenvalue weighted by Gasteiger charge is -2.16. The van der Waals surface area contributed by atoms with Crippen LogP contribution in [0.1, 0.15) is 34.3 Å². The number of hydrogen-bond acceptors (Lipinski definition) is 3. The fourth-order valence-electron chi connectivity index (χ4n) is 2.83. The standard InChI is InChI=1S/C20H21N3O/c1-16-15-17(5-4-10-22-18-8-11-21-12-9-18)6-7-19(16)20(24)23-13-2-3-14-23/h6-9,11-12,15H,2-3,10,13-14H2,1H3,(H,21,22). The molecule has 1 aromatic carbocycles. The summed E-state index contributed by atoms with van der Waals surface area (Å²) in [6, 6.07) is 9.63. The van der Waals surface area contributed by atoms with E-state index in [1.54, 1.807) is 12.4 Å². The summed E-state index contributed by atoms with van der Waals surface area (Å²) in [5.41, 5.74) is 3.71. The van der Waals surface area contributed by atoms with Crippen molar-refractivity contribution in [3.8, 4) is 11.8 Å². The lowest BCUT2D eigenvalue weighted by molar-refractivity contribution is 0.0792. The number of nitrogens with one attached hydrogen (secondary N) is 1. The van der Waals surface area contributed by atoms with Gasteiger partial charge in [-0.15, -0.1) is 0 Å². The van der Waals surface area contributed by atoms with Gasteiger partial charge in [-0.05, 0) is 55.7 Å². The molecule has 1 aliphatic rings. The Morgan fingerprint density at radius 1 is 1.21 bits per heavy atom. The summed E-state index contributed by atoms with van der Waals surface area (Å²) in [7, 11) is 0. The zero-order valence-corrected chi connectivity index (χ0v) is 13.9. The number of aryl methyl sites for hydroxylation is 1. The van der Waals surface area contributed by atoms with Gasteiger partial charge in [0.25, 0.3) is 5.91 Å². The molecule has 0 radical (unpaired) electrons. The molecular formula is C20H21N3O. The highest BCUT2D eigenvalue weighted by molar-refractivity contribution is 5.96. The summed E-state index contributed by atoms with van der Waals surface area (Å²) in [5.74, 6) is 6.39. The van der Waals surface area contributed by atoms with E-state index in [1.165, 1.54) is 0 Å². The average Bonchev–Trinajstić information content (AvgIpc) is 3.14. The monoisotopic (exact) mass is 319 g/mol. The molecule has 122 valence electrons. The maximum atomic E-state index is 12.5. The molecule has 1 amide bonds. The van der Waals surface area contributed by atoms with Crippen molar-refractivity contribution in [2.75, 3.05) is 25.0 Å². The van der Waals surface area contributed by atoms with Gasteiger partial charge in [0, 0.05) is 42.3 Å². The smallest absolute Gasteiger partial charge is 0.254 e. The van der Waals surface area contributed by atoms with Gasteiger partial charge in [0.05, 0.1) is 6.54 Å². The number of anilines is 1. The van der Waals surface area contributed by atoms with E-state index in [2.05, 4.69) is 22.1 Å². The number of nitrogens with zero attached hydrogens (tertiary/aromatic N) is 2. The molecule has 1 fully saturated rings. The van der Waals surface area contributed by atoms with Crippen molar-refractivity contribution >= 4 is 11.6 Å². The highest BCUT2D eigenvalue weighted by Gasteiger charge is 2.20. The SMILES string of the molecule is Cc1cc(C#CCNc2ccncc2)ccc1C(=O)N1CCCC1. The Kier molecular flexibility index (Phi) is 5.12. The number of carbonyl (C=O) groups excluding carboxylic acids is 1. The van der Waals surface area contributed by atoms with Crippen LogP contribution >= 0.6 is 0 Å². The maximum absolute atomic E-state index is 12.5. The molecule has 4 nitrogen and oxygen atoms in total. The molecular weight excluding hydrogens is 298 g/mol. The van der Waals surface area contributed by atoms with Crippen molar-refractivity contribution in [1.82, 2.24) is 9.88 Å². The fourth-order valence-corrected chi connectivity index (χ4v) is 2.83. The first kappa shape index (κ1) is 16.1. The van der Waals surface area contributed by atoms with Gasteiger partial charge in [-0.1, -0.05) is 11.8 Å². The Morgan fingerprint density at radius 2 is 1.96 bits per heavy atom. The van der Waals surface area contributed by atoms with E-state index in [0.717, 1.165) is 48.3 Å². The molecule has 3 rings (SSSR count). The summed E-state index contributed by atoms with van der Waals surface area (Å²) in [5, 5.41) is 3.22. The lowest BCUT2D eigenvalue weighted by atomic mass is 10.0. The van der Waals surface area contributed by atoms with Crippen LogP contribution in [0.4, 0.5) is 5.69 Å². The normalized spacial score (nSPS) is 13.3. The molecule has 1 N–H and O–H groups in total. The minimum absolute atomic E-state index is 0.142. The van der Waals surface area contributed by atoms with Crippen LogP contribution in [0.25, 0.3) is 0 Å². The zero-order chi connectivity index (χ0) is 16.8. The van der Waals surface area contributed by atoms with Gasteiger partial charge in [-0.2, -0.15) is 0 Å². The number of rotatable bonds is 3. The average molecular weight is 319 g/mol. The Morgan fingerprint density at radius 3 is 2.67 bits per heavy atom. The van der Waals surface area contributed by atoms with Gasteiger partial charge in [0.1, 0.15) is 0 Å². The number of likely N-dealkylation sites (tertiary alicyclic amines) is 1. The van der Waals surface area contributed by atoms with Crippen LogP contribution in [-0.4, -0.2) is 35.4 Å². The van der Waals surface area contributed by atoms with E-state index >= 15 is 0 Å². The summed E-state index contributed by atoms with van der Waals surface area (Å²) in [6.45, 7) is 4.29. The van der Waals surface area contributed by atoms with Crippen molar-refractivity contribution < 1.29 is 4.79 Å². The van der Waals surface area contributed by atoms with E-state index in [1.807, 2.05) is 42.2 Å². The second-order valence-electron chi connectivity index (χ2n) is 5.92. The Labute approximate surface area is 142 Å². The minimum atomic E-state index is 0.142. The largest absolute Gasteiger partial charge is 0.374 e. The fraction of sp³-hybridized carbons (Fsp3) is 0.300. The highest BCUT2D eigenvalue weighted by atomic mass is 16.2. The van der Waals surface area contributed by atoms with Crippen LogP contribution in [0.5, 0.6) is 0 Å². The minimum Gasteiger partial charge on any atom is -0.374 e. The first-order valence-electron chi connectivity index (χ1n) is 8.27. The van der Waals surface area contributed by atoms with Gasteiger partial charge >= 0.3 is 0 Å². The molecule has 1 saturated heterocycles. The predicted molar refractivity (Wildman–Crippen MR) is 95.9 cm³/mol. The van der Waals surface area contributed by atoms with E-state index in [4.69, 9.17) is 0 Å². The molecule has 2 heterocycles. The molecule has 0 unspecified atom stereocenters. The third kappa shape index (κ3) is 3.94. The quantitative estimate of drug-likeness (QED) is 0.884. The Hall–Kier alpha value is -2.80. The lowest BCUT2D eigenvalue weighted by Crippen LogP contribution is -2.28. The van der Waals surface area contributed by atoms with Crippen molar-refractivity contribution in [3.05, 3.63) is 59.4 Å². The van der Waals surface area contributed by atoms with Crippen molar-refractivity contribution in [2.24, 2.45) is 0 Å². The molecule has 0 atom stereocenters. The summed E-state index contributed by atoms with van der Waals surface area (Å²) >= 11 is 0. The first-order chi connectivity index (χ1) is 11.7. The van der Waals surface area contributed by atoms with Crippen LogP contribution in [-0.2, 0) is 0 Å². The van der Waals surface area contributed by atoms with E-state index in [0.29, 0.717) is 6.54 Å². The highest BCUT2D eigenvalue weighted by Crippen LogP contribution is 2.17. The van der Waals surface area contributed by atoms with Crippen molar-refractivity contribution in [3.63, 3.8) is 0 Å². The second-order valence-corrected chi connectivity index (χ2v) is 5.92. The number of aromatic nitrogens is 1. The van der Waals surface area contributed by atoms with Crippen LogP contribution in [0.3, 0.4) is 0 Å². The molecule has 1 aromatic heterocycles. The van der Waals surface area contributed by atoms with Gasteiger partial charge in [0.2, 0.25) is 0 Å². The molecule has 1 aliphatic heterocycles. The van der Waals surface area contributed by atoms with Crippen LogP contribution in [0.15, 0.2) is 42.7 Å². The van der Waals surface area contributed by atoms with E-state index in [-0.39, 0.29) is 5.91 Å². The molecule has 0 aliphatic carbocycles.